The zero-order valence-corrected chi connectivity index (χ0v) is 12.7. The van der Waals surface area contributed by atoms with Crippen LogP contribution in [0.15, 0.2) is 34.9 Å². The van der Waals surface area contributed by atoms with Crippen molar-refractivity contribution in [2.24, 2.45) is 7.05 Å². The van der Waals surface area contributed by atoms with Gasteiger partial charge >= 0.3 is 0 Å². The fraction of sp³-hybridized carbons (Fsp3) is 0.188. The van der Waals surface area contributed by atoms with Crippen LogP contribution in [0.2, 0.25) is 0 Å². The molecule has 1 aliphatic rings. The summed E-state index contributed by atoms with van der Waals surface area (Å²) in [6.45, 7) is 0. The molecule has 0 atom stereocenters. The number of aromatic amines is 1. The van der Waals surface area contributed by atoms with Crippen LogP contribution >= 0.6 is 15.9 Å². The second kappa shape index (κ2) is 4.35. The number of aromatic nitrogens is 3. The minimum atomic E-state index is 1.05. The van der Waals surface area contributed by atoms with Crippen molar-refractivity contribution in [3.8, 4) is 0 Å². The Balaban J connectivity index is 1.82. The molecule has 1 aliphatic carbocycles. The van der Waals surface area contributed by atoms with Crippen molar-refractivity contribution in [3.63, 3.8) is 0 Å². The van der Waals surface area contributed by atoms with Gasteiger partial charge in [-0.1, -0.05) is 15.9 Å². The number of rotatable bonds is 1. The molecule has 3 nitrogen and oxygen atoms in total. The van der Waals surface area contributed by atoms with Gasteiger partial charge in [0.25, 0.3) is 0 Å². The maximum atomic E-state index is 4.34. The van der Waals surface area contributed by atoms with Crippen molar-refractivity contribution in [1.29, 1.82) is 0 Å². The number of aryl methyl sites for hydroxylation is 1. The molecule has 0 fully saturated rings. The highest BCUT2D eigenvalue weighted by atomic mass is 79.9. The van der Waals surface area contributed by atoms with Crippen LogP contribution in [0, 0.1) is 0 Å². The van der Waals surface area contributed by atoms with Crippen LogP contribution in [-0.4, -0.2) is 14.8 Å². The number of allylic oxidation sites excluding steroid dienone is 1. The molecule has 0 radical (unpaired) electrons. The normalized spacial score (nSPS) is 14.4. The van der Waals surface area contributed by atoms with E-state index in [-0.39, 0.29) is 0 Å². The Morgan fingerprint density at radius 3 is 3.05 bits per heavy atom. The van der Waals surface area contributed by atoms with E-state index in [1.807, 2.05) is 17.9 Å². The number of halogens is 1. The monoisotopic (exact) mass is 327 g/mol. The summed E-state index contributed by atoms with van der Waals surface area (Å²) in [7, 11) is 2.01. The number of benzene rings is 1. The van der Waals surface area contributed by atoms with Crippen molar-refractivity contribution < 1.29 is 0 Å². The van der Waals surface area contributed by atoms with E-state index in [0.717, 1.165) is 17.3 Å². The van der Waals surface area contributed by atoms with Gasteiger partial charge in [0.2, 0.25) is 0 Å². The first-order valence-electron chi connectivity index (χ1n) is 6.71. The third-order valence-corrected chi connectivity index (χ3v) is 4.48. The van der Waals surface area contributed by atoms with Crippen molar-refractivity contribution in [3.05, 3.63) is 51.9 Å². The quantitative estimate of drug-likeness (QED) is 0.715. The predicted molar refractivity (Wildman–Crippen MR) is 85.4 cm³/mol. The van der Waals surface area contributed by atoms with Gasteiger partial charge in [0, 0.05) is 39.4 Å². The standard InChI is InChI=1S/C16H14BrN3/c1-20-16-5-2-10(6-12(16)9-18-20)15-8-11-7-13(17)3-4-14(11)19-15/h3-4,6-9,19H,2,5H2,1H3. The first-order chi connectivity index (χ1) is 9.70. The van der Waals surface area contributed by atoms with E-state index in [0.29, 0.717) is 0 Å². The second-order valence-corrected chi connectivity index (χ2v) is 6.17. The third-order valence-electron chi connectivity index (χ3n) is 3.98. The molecular weight excluding hydrogens is 314 g/mol. The Kier molecular flexibility index (Phi) is 2.60. The number of H-pyrrole nitrogens is 1. The van der Waals surface area contributed by atoms with E-state index in [2.05, 4.69) is 56.4 Å². The van der Waals surface area contributed by atoms with Gasteiger partial charge < -0.3 is 4.98 Å². The summed E-state index contributed by atoms with van der Waals surface area (Å²) < 4.78 is 3.09. The second-order valence-electron chi connectivity index (χ2n) is 5.25. The minimum absolute atomic E-state index is 1.05. The summed E-state index contributed by atoms with van der Waals surface area (Å²) in [5.41, 5.74) is 6.33. The van der Waals surface area contributed by atoms with Crippen molar-refractivity contribution in [1.82, 2.24) is 14.8 Å². The zero-order chi connectivity index (χ0) is 13.7. The van der Waals surface area contributed by atoms with Gasteiger partial charge in [-0.25, -0.2) is 0 Å². The van der Waals surface area contributed by atoms with Gasteiger partial charge in [-0.3, -0.25) is 4.68 Å². The molecule has 4 rings (SSSR count). The molecule has 0 spiro atoms. The first kappa shape index (κ1) is 12.0. The number of hydrogen-bond donors (Lipinski definition) is 1. The molecule has 1 N–H and O–H groups in total. The van der Waals surface area contributed by atoms with E-state index in [1.54, 1.807) is 0 Å². The molecule has 0 amide bonds. The van der Waals surface area contributed by atoms with Crippen molar-refractivity contribution in [2.75, 3.05) is 0 Å². The highest BCUT2D eigenvalue weighted by molar-refractivity contribution is 9.10. The van der Waals surface area contributed by atoms with Crippen LogP contribution in [-0.2, 0) is 13.5 Å². The summed E-state index contributed by atoms with van der Waals surface area (Å²) in [5.74, 6) is 0. The number of nitrogens with one attached hydrogen (secondary N) is 1. The summed E-state index contributed by atoms with van der Waals surface area (Å²) in [5, 5.41) is 5.58. The van der Waals surface area contributed by atoms with E-state index >= 15 is 0 Å². The average Bonchev–Trinajstić information content (AvgIpc) is 3.02. The van der Waals surface area contributed by atoms with E-state index < -0.39 is 0 Å². The Hall–Kier alpha value is -1.81. The average molecular weight is 328 g/mol. The molecule has 2 heterocycles. The lowest BCUT2D eigenvalue weighted by atomic mass is 9.95. The summed E-state index contributed by atoms with van der Waals surface area (Å²) in [6, 6.07) is 8.56. The highest BCUT2D eigenvalue weighted by Gasteiger charge is 2.16. The van der Waals surface area contributed by atoms with Gasteiger partial charge in [0.05, 0.1) is 6.20 Å². The van der Waals surface area contributed by atoms with Crippen LogP contribution in [0.25, 0.3) is 22.6 Å². The Labute approximate surface area is 125 Å². The lowest BCUT2D eigenvalue weighted by molar-refractivity contribution is 0.706. The first-order valence-corrected chi connectivity index (χ1v) is 7.50. The van der Waals surface area contributed by atoms with Crippen LogP contribution < -0.4 is 0 Å². The van der Waals surface area contributed by atoms with Gasteiger partial charge in [0.1, 0.15) is 0 Å². The van der Waals surface area contributed by atoms with Gasteiger partial charge in [-0.05, 0) is 48.8 Å². The highest BCUT2D eigenvalue weighted by Crippen LogP contribution is 2.31. The SMILES string of the molecule is Cn1ncc2c1CCC(c1cc3cc(Br)ccc3[nH]1)=C2. The number of hydrogen-bond acceptors (Lipinski definition) is 1. The summed E-state index contributed by atoms with van der Waals surface area (Å²) in [4.78, 5) is 3.51. The topological polar surface area (TPSA) is 33.6 Å². The molecule has 2 aromatic heterocycles. The Bertz CT molecular complexity index is 839. The lowest BCUT2D eigenvalue weighted by Crippen LogP contribution is -2.03. The van der Waals surface area contributed by atoms with Crippen molar-refractivity contribution >= 4 is 38.5 Å². The molecule has 0 bridgehead atoms. The molecule has 1 aromatic carbocycles. The van der Waals surface area contributed by atoms with E-state index in [1.165, 1.54) is 33.4 Å². The fourth-order valence-corrected chi connectivity index (χ4v) is 3.29. The van der Waals surface area contributed by atoms with Crippen LogP contribution in [0.1, 0.15) is 23.4 Å². The Morgan fingerprint density at radius 2 is 2.15 bits per heavy atom. The molecule has 0 aliphatic heterocycles. The third kappa shape index (κ3) is 1.83. The molecular formula is C16H14BrN3. The van der Waals surface area contributed by atoms with E-state index in [4.69, 9.17) is 0 Å². The maximum Gasteiger partial charge on any atom is 0.0565 e. The Morgan fingerprint density at radius 1 is 1.25 bits per heavy atom. The maximum absolute atomic E-state index is 4.34. The molecule has 0 saturated heterocycles. The molecule has 0 unspecified atom stereocenters. The lowest BCUT2D eigenvalue weighted by Gasteiger charge is -2.13. The molecule has 20 heavy (non-hydrogen) atoms. The number of nitrogens with zero attached hydrogens (tertiary/aromatic N) is 2. The van der Waals surface area contributed by atoms with Gasteiger partial charge in [-0.2, -0.15) is 5.10 Å². The molecule has 4 heteroatoms. The minimum Gasteiger partial charge on any atom is -0.355 e. The predicted octanol–water partition coefficient (Wildman–Crippen LogP) is 4.15. The van der Waals surface area contributed by atoms with Crippen LogP contribution in [0.3, 0.4) is 0 Å². The van der Waals surface area contributed by atoms with Crippen molar-refractivity contribution in [2.45, 2.75) is 12.8 Å². The fourth-order valence-electron chi connectivity index (χ4n) is 2.91. The summed E-state index contributed by atoms with van der Waals surface area (Å²) >= 11 is 3.52. The summed E-state index contributed by atoms with van der Waals surface area (Å²) in [6.07, 6.45) is 6.32. The van der Waals surface area contributed by atoms with Gasteiger partial charge in [-0.15, -0.1) is 0 Å². The van der Waals surface area contributed by atoms with Crippen LogP contribution in [0.5, 0.6) is 0 Å². The largest absolute Gasteiger partial charge is 0.355 e. The molecule has 3 aromatic rings. The zero-order valence-electron chi connectivity index (χ0n) is 11.2. The molecule has 0 saturated carbocycles. The smallest absolute Gasteiger partial charge is 0.0565 e. The van der Waals surface area contributed by atoms with E-state index in [9.17, 15) is 0 Å². The number of fused-ring (bicyclic) bond motifs is 2. The van der Waals surface area contributed by atoms with Crippen LogP contribution in [0.4, 0.5) is 0 Å². The molecule has 100 valence electrons. The van der Waals surface area contributed by atoms with Gasteiger partial charge in [0.15, 0.2) is 0 Å².